The number of benzene rings is 1. The van der Waals surface area contributed by atoms with Crippen LogP contribution < -0.4 is 10.2 Å². The molecule has 29 heavy (non-hydrogen) atoms. The van der Waals surface area contributed by atoms with Gasteiger partial charge in [-0.25, -0.2) is 4.98 Å². The number of thiophene rings is 1. The highest BCUT2D eigenvalue weighted by molar-refractivity contribution is 9.10. The topological polar surface area (TPSA) is 63.1 Å². The van der Waals surface area contributed by atoms with Gasteiger partial charge in [0.2, 0.25) is 5.95 Å². The number of carbonyl (C=O) groups excluding carboxylic acids is 1. The smallest absolute Gasteiger partial charge is 0.262 e. The van der Waals surface area contributed by atoms with Gasteiger partial charge in [-0.1, -0.05) is 22.0 Å². The zero-order valence-corrected chi connectivity index (χ0v) is 18.7. The van der Waals surface area contributed by atoms with Crippen molar-refractivity contribution in [3.63, 3.8) is 0 Å². The number of hydrogen-bond donors (Lipinski definition) is 1. The van der Waals surface area contributed by atoms with Crippen LogP contribution >= 0.6 is 27.3 Å². The number of amides is 1. The lowest BCUT2D eigenvalue weighted by atomic mass is 10.2. The summed E-state index contributed by atoms with van der Waals surface area (Å²) in [6.07, 6.45) is 1.73. The minimum Gasteiger partial charge on any atom is -0.348 e. The first-order valence-corrected chi connectivity index (χ1v) is 10.7. The van der Waals surface area contributed by atoms with Crippen molar-refractivity contribution in [1.29, 1.82) is 0 Å². The van der Waals surface area contributed by atoms with Crippen molar-refractivity contribution in [2.45, 2.75) is 13.0 Å². The SMILES string of the molecule is C[C@@H](NC(=O)c1cc2nc(N(C)C)n(-c3ccc(Br)cc3)c2s1)c1ccccn1. The van der Waals surface area contributed by atoms with E-state index in [1.807, 2.05) is 74.4 Å². The van der Waals surface area contributed by atoms with Crippen molar-refractivity contribution in [1.82, 2.24) is 19.9 Å². The first-order chi connectivity index (χ1) is 13.9. The van der Waals surface area contributed by atoms with Gasteiger partial charge in [0.15, 0.2) is 0 Å². The fourth-order valence-electron chi connectivity index (χ4n) is 3.07. The number of carbonyl (C=O) groups is 1. The lowest BCUT2D eigenvalue weighted by Gasteiger charge is -2.15. The third-order valence-electron chi connectivity index (χ3n) is 4.50. The molecule has 0 unspecified atom stereocenters. The summed E-state index contributed by atoms with van der Waals surface area (Å²) in [5.41, 5.74) is 2.63. The van der Waals surface area contributed by atoms with Crippen LogP contribution in [0, 0.1) is 0 Å². The summed E-state index contributed by atoms with van der Waals surface area (Å²) < 4.78 is 3.09. The summed E-state index contributed by atoms with van der Waals surface area (Å²) in [5, 5.41) is 3.02. The number of hydrogen-bond acceptors (Lipinski definition) is 5. The van der Waals surface area contributed by atoms with Crippen LogP contribution in [-0.2, 0) is 0 Å². The third-order valence-corrected chi connectivity index (χ3v) is 6.14. The minimum absolute atomic E-state index is 0.125. The van der Waals surface area contributed by atoms with Gasteiger partial charge < -0.3 is 10.2 Å². The Morgan fingerprint density at radius 1 is 1.21 bits per heavy atom. The largest absolute Gasteiger partial charge is 0.348 e. The van der Waals surface area contributed by atoms with E-state index in [9.17, 15) is 4.79 Å². The summed E-state index contributed by atoms with van der Waals surface area (Å²) in [4.78, 5) is 25.4. The van der Waals surface area contributed by atoms with Gasteiger partial charge >= 0.3 is 0 Å². The van der Waals surface area contributed by atoms with Gasteiger partial charge in [-0.3, -0.25) is 14.3 Å². The van der Waals surface area contributed by atoms with E-state index in [4.69, 9.17) is 4.98 Å². The van der Waals surface area contributed by atoms with Gasteiger partial charge in [0, 0.05) is 30.5 Å². The summed E-state index contributed by atoms with van der Waals surface area (Å²) in [6.45, 7) is 1.93. The van der Waals surface area contributed by atoms with E-state index >= 15 is 0 Å². The zero-order valence-electron chi connectivity index (χ0n) is 16.3. The first-order valence-electron chi connectivity index (χ1n) is 9.11. The molecule has 148 valence electrons. The number of anilines is 1. The fourth-order valence-corrected chi connectivity index (χ4v) is 4.35. The lowest BCUT2D eigenvalue weighted by Crippen LogP contribution is -2.26. The highest BCUT2D eigenvalue weighted by Gasteiger charge is 2.21. The van der Waals surface area contributed by atoms with Crippen LogP contribution in [0.5, 0.6) is 0 Å². The summed E-state index contributed by atoms with van der Waals surface area (Å²) in [7, 11) is 3.92. The number of nitrogens with zero attached hydrogens (tertiary/aromatic N) is 4. The second kappa shape index (κ2) is 7.96. The van der Waals surface area contributed by atoms with Crippen molar-refractivity contribution >= 4 is 49.5 Å². The molecule has 6 nitrogen and oxygen atoms in total. The Morgan fingerprint density at radius 2 is 1.97 bits per heavy atom. The molecule has 0 aliphatic heterocycles. The highest BCUT2D eigenvalue weighted by atomic mass is 79.9. The molecule has 1 N–H and O–H groups in total. The predicted molar refractivity (Wildman–Crippen MR) is 121 cm³/mol. The van der Waals surface area contributed by atoms with Crippen molar-refractivity contribution < 1.29 is 4.79 Å². The van der Waals surface area contributed by atoms with E-state index in [1.54, 1.807) is 6.20 Å². The molecule has 3 heterocycles. The van der Waals surface area contributed by atoms with E-state index in [1.165, 1.54) is 11.3 Å². The molecule has 0 radical (unpaired) electrons. The Labute approximate surface area is 181 Å². The monoisotopic (exact) mass is 469 g/mol. The molecule has 0 aliphatic rings. The molecule has 0 spiro atoms. The molecule has 0 aliphatic carbocycles. The molecule has 4 rings (SSSR count). The summed E-state index contributed by atoms with van der Waals surface area (Å²) >= 11 is 4.92. The molecule has 0 saturated carbocycles. The molecule has 8 heteroatoms. The van der Waals surface area contributed by atoms with Crippen molar-refractivity contribution in [3.05, 3.63) is 69.8 Å². The standard InChI is InChI=1S/C21H20BrN5OS/c1-13(16-6-4-5-11-23-16)24-19(28)18-12-17-20(29-18)27(21(25-17)26(2)3)15-9-7-14(22)8-10-15/h4-13H,1-3H3,(H,24,28)/t13-/m1/s1. The van der Waals surface area contributed by atoms with Crippen LogP contribution in [0.15, 0.2) is 59.2 Å². The molecule has 4 aromatic rings. The van der Waals surface area contributed by atoms with Gasteiger partial charge in [-0.05, 0) is 49.4 Å². The minimum atomic E-state index is -0.177. The molecular weight excluding hydrogens is 450 g/mol. The van der Waals surface area contributed by atoms with Crippen molar-refractivity contribution in [3.8, 4) is 5.69 Å². The van der Waals surface area contributed by atoms with E-state index < -0.39 is 0 Å². The van der Waals surface area contributed by atoms with Crippen LogP contribution in [0.3, 0.4) is 0 Å². The molecule has 0 saturated heterocycles. The Morgan fingerprint density at radius 3 is 2.62 bits per heavy atom. The predicted octanol–water partition coefficient (Wildman–Crippen LogP) is 4.80. The van der Waals surface area contributed by atoms with Gasteiger partial charge in [0.1, 0.15) is 10.3 Å². The highest BCUT2D eigenvalue weighted by Crippen LogP contribution is 2.33. The summed E-state index contributed by atoms with van der Waals surface area (Å²) in [6, 6.07) is 15.4. The number of imidazole rings is 1. The Kier molecular flexibility index (Phi) is 5.38. The number of aromatic nitrogens is 3. The van der Waals surface area contributed by atoms with Crippen LogP contribution in [0.25, 0.3) is 16.0 Å². The number of fused-ring (bicyclic) bond motifs is 1. The van der Waals surface area contributed by atoms with Gasteiger partial charge in [-0.2, -0.15) is 0 Å². The molecule has 1 atom stereocenters. The normalized spacial score (nSPS) is 12.1. The number of rotatable bonds is 5. The van der Waals surface area contributed by atoms with Crippen molar-refractivity contribution in [2.24, 2.45) is 0 Å². The molecular formula is C21H20BrN5OS. The van der Waals surface area contributed by atoms with E-state index in [0.717, 1.165) is 32.1 Å². The van der Waals surface area contributed by atoms with Gasteiger partial charge in [-0.15, -0.1) is 11.3 Å². The first kappa shape index (κ1) is 19.6. The quantitative estimate of drug-likeness (QED) is 0.455. The van der Waals surface area contributed by atoms with E-state index in [-0.39, 0.29) is 11.9 Å². The average Bonchev–Trinajstić information content (AvgIpc) is 3.27. The Bertz CT molecular complexity index is 1150. The average molecular weight is 470 g/mol. The maximum Gasteiger partial charge on any atom is 0.262 e. The molecule has 3 aromatic heterocycles. The number of pyridine rings is 1. The third kappa shape index (κ3) is 3.90. The number of nitrogens with one attached hydrogen (secondary N) is 1. The Balaban J connectivity index is 1.69. The van der Waals surface area contributed by atoms with Crippen molar-refractivity contribution in [2.75, 3.05) is 19.0 Å². The number of halogens is 1. The van der Waals surface area contributed by atoms with E-state index in [2.05, 4.69) is 30.8 Å². The Hall–Kier alpha value is -2.71. The molecule has 0 bridgehead atoms. The fraction of sp³-hybridized carbons (Fsp3) is 0.190. The molecule has 1 aromatic carbocycles. The lowest BCUT2D eigenvalue weighted by molar-refractivity contribution is 0.0943. The van der Waals surface area contributed by atoms with Crippen LogP contribution in [0.1, 0.15) is 28.3 Å². The summed E-state index contributed by atoms with van der Waals surface area (Å²) in [5.74, 6) is 0.697. The van der Waals surface area contributed by atoms with Crippen LogP contribution in [0.4, 0.5) is 5.95 Å². The van der Waals surface area contributed by atoms with Crippen LogP contribution in [-0.4, -0.2) is 34.5 Å². The maximum atomic E-state index is 12.8. The second-order valence-corrected chi connectivity index (χ2v) is 8.82. The molecule has 0 fully saturated rings. The zero-order chi connectivity index (χ0) is 20.5. The second-order valence-electron chi connectivity index (χ2n) is 6.87. The van der Waals surface area contributed by atoms with Gasteiger partial charge in [0.05, 0.1) is 16.6 Å². The van der Waals surface area contributed by atoms with Crippen LogP contribution in [0.2, 0.25) is 0 Å². The van der Waals surface area contributed by atoms with Gasteiger partial charge in [0.25, 0.3) is 5.91 Å². The molecule has 1 amide bonds. The van der Waals surface area contributed by atoms with E-state index in [0.29, 0.717) is 4.88 Å². The maximum absolute atomic E-state index is 12.8.